The minimum absolute atomic E-state index is 0.160. The average Bonchev–Trinajstić information content (AvgIpc) is 2.43. The van der Waals surface area contributed by atoms with Gasteiger partial charge in [-0.3, -0.25) is 0 Å². The van der Waals surface area contributed by atoms with Crippen molar-refractivity contribution in [2.45, 2.75) is 6.54 Å². The highest BCUT2D eigenvalue weighted by atomic mass is 35.5. The molecule has 5 nitrogen and oxygen atoms in total. The Balaban J connectivity index is 2.72. The summed E-state index contributed by atoms with van der Waals surface area (Å²) in [5.41, 5.74) is 0.160. The number of nitrogens with zero attached hydrogens (tertiary/aromatic N) is 3. The van der Waals surface area contributed by atoms with Crippen LogP contribution in [0.4, 0.5) is 5.69 Å². The quantitative estimate of drug-likeness (QED) is 0.676. The van der Waals surface area contributed by atoms with Gasteiger partial charge in [0.2, 0.25) is 0 Å². The number of ether oxygens (including phenoxy) is 1. The summed E-state index contributed by atoms with van der Waals surface area (Å²) in [7, 11) is 1.58. The van der Waals surface area contributed by atoms with Crippen LogP contribution in [0.5, 0.6) is 0 Å². The molecule has 12 heavy (non-hydrogen) atoms. The predicted molar refractivity (Wildman–Crippen MR) is 44.6 cm³/mol. The lowest BCUT2D eigenvalue weighted by Gasteiger charge is -2.00. The van der Waals surface area contributed by atoms with Crippen LogP contribution in [0.3, 0.4) is 0 Å². The first-order valence-corrected chi connectivity index (χ1v) is 3.71. The van der Waals surface area contributed by atoms with Crippen molar-refractivity contribution in [3.63, 3.8) is 0 Å². The van der Waals surface area contributed by atoms with E-state index in [0.29, 0.717) is 13.2 Å². The fourth-order valence-electron chi connectivity index (χ4n) is 0.755. The smallest absolute Gasteiger partial charge is 0.164 e. The molecule has 0 spiro atoms. The Morgan fingerprint density at radius 1 is 1.83 bits per heavy atom. The maximum absolute atomic E-state index is 10.1. The first kappa shape index (κ1) is 9.15. The standard InChI is InChI=1S/C6H8ClN3O2/c1-12-3-2-10-6(7)5(9-11)4-8-10/h4H,2-3H2,1H3. The maximum Gasteiger partial charge on any atom is 0.164 e. The van der Waals surface area contributed by atoms with E-state index in [0.717, 1.165) is 0 Å². The van der Waals surface area contributed by atoms with E-state index in [2.05, 4.69) is 10.3 Å². The molecule has 66 valence electrons. The Kier molecular flexibility index (Phi) is 3.19. The van der Waals surface area contributed by atoms with Crippen molar-refractivity contribution in [3.8, 4) is 0 Å². The summed E-state index contributed by atoms with van der Waals surface area (Å²) in [4.78, 5) is 10.1. The van der Waals surface area contributed by atoms with Gasteiger partial charge in [-0.15, -0.1) is 4.91 Å². The fourth-order valence-corrected chi connectivity index (χ4v) is 0.967. The van der Waals surface area contributed by atoms with E-state index < -0.39 is 0 Å². The Morgan fingerprint density at radius 2 is 2.58 bits per heavy atom. The van der Waals surface area contributed by atoms with Crippen LogP contribution < -0.4 is 0 Å². The summed E-state index contributed by atoms with van der Waals surface area (Å²) in [6, 6.07) is 0. The Labute approximate surface area is 74.2 Å². The molecule has 0 saturated heterocycles. The van der Waals surface area contributed by atoms with Gasteiger partial charge in [0.15, 0.2) is 10.8 Å². The molecule has 1 rings (SSSR count). The summed E-state index contributed by atoms with van der Waals surface area (Å²) in [5.74, 6) is 0. The van der Waals surface area contributed by atoms with Gasteiger partial charge in [-0.2, -0.15) is 5.10 Å². The molecular formula is C6H8ClN3O2. The minimum atomic E-state index is 0.160. The van der Waals surface area contributed by atoms with Gasteiger partial charge in [0.25, 0.3) is 0 Å². The molecule has 1 aromatic heterocycles. The molecule has 0 fully saturated rings. The van der Waals surface area contributed by atoms with Crippen LogP contribution in [0.1, 0.15) is 0 Å². The largest absolute Gasteiger partial charge is 0.383 e. The topological polar surface area (TPSA) is 56.5 Å². The minimum Gasteiger partial charge on any atom is -0.383 e. The van der Waals surface area contributed by atoms with Crippen molar-refractivity contribution >= 4 is 17.3 Å². The van der Waals surface area contributed by atoms with E-state index >= 15 is 0 Å². The number of rotatable bonds is 4. The molecule has 0 unspecified atom stereocenters. The van der Waals surface area contributed by atoms with Crippen molar-refractivity contribution in [3.05, 3.63) is 16.3 Å². The van der Waals surface area contributed by atoms with Crippen LogP contribution in [-0.4, -0.2) is 23.5 Å². The average molecular weight is 190 g/mol. The lowest BCUT2D eigenvalue weighted by atomic mass is 10.6. The van der Waals surface area contributed by atoms with E-state index in [1.165, 1.54) is 10.9 Å². The number of nitroso groups, excluding NO2 is 1. The molecule has 0 aliphatic rings. The second-order valence-electron chi connectivity index (χ2n) is 2.13. The van der Waals surface area contributed by atoms with Crippen LogP contribution in [-0.2, 0) is 11.3 Å². The molecule has 0 bridgehead atoms. The van der Waals surface area contributed by atoms with Crippen LogP contribution >= 0.6 is 11.6 Å². The van der Waals surface area contributed by atoms with Gasteiger partial charge in [0.1, 0.15) is 0 Å². The zero-order valence-electron chi connectivity index (χ0n) is 6.53. The zero-order chi connectivity index (χ0) is 8.97. The third-order valence-electron chi connectivity index (χ3n) is 1.36. The maximum atomic E-state index is 10.1. The molecule has 1 aromatic rings. The Hall–Kier alpha value is -0.940. The van der Waals surface area contributed by atoms with Gasteiger partial charge >= 0.3 is 0 Å². The van der Waals surface area contributed by atoms with E-state index in [1.54, 1.807) is 7.11 Å². The molecule has 0 aromatic carbocycles. The first-order valence-electron chi connectivity index (χ1n) is 3.33. The molecule has 0 aliphatic carbocycles. The third-order valence-corrected chi connectivity index (χ3v) is 1.75. The second-order valence-corrected chi connectivity index (χ2v) is 2.49. The van der Waals surface area contributed by atoms with Gasteiger partial charge in [-0.1, -0.05) is 11.6 Å². The van der Waals surface area contributed by atoms with Crippen LogP contribution in [0.25, 0.3) is 0 Å². The summed E-state index contributed by atoms with van der Waals surface area (Å²) >= 11 is 5.71. The molecule has 6 heteroatoms. The van der Waals surface area contributed by atoms with E-state index in [-0.39, 0.29) is 10.8 Å². The lowest BCUT2D eigenvalue weighted by molar-refractivity contribution is 0.183. The van der Waals surface area contributed by atoms with Gasteiger partial charge in [0.05, 0.1) is 19.3 Å². The summed E-state index contributed by atoms with van der Waals surface area (Å²) in [5, 5.41) is 6.78. The number of hydrogen-bond acceptors (Lipinski definition) is 4. The number of halogens is 1. The van der Waals surface area contributed by atoms with E-state index in [1.807, 2.05) is 0 Å². The lowest BCUT2D eigenvalue weighted by Crippen LogP contribution is -2.05. The highest BCUT2D eigenvalue weighted by Gasteiger charge is 2.07. The molecule has 0 amide bonds. The third kappa shape index (κ3) is 1.80. The molecule has 0 radical (unpaired) electrons. The van der Waals surface area contributed by atoms with Gasteiger partial charge in [-0.05, 0) is 5.18 Å². The zero-order valence-corrected chi connectivity index (χ0v) is 7.28. The highest BCUT2D eigenvalue weighted by molar-refractivity contribution is 6.31. The SMILES string of the molecule is COCCn1ncc(N=O)c1Cl. The first-order chi connectivity index (χ1) is 5.79. The molecular weight excluding hydrogens is 182 g/mol. The number of methoxy groups -OCH3 is 1. The van der Waals surface area contributed by atoms with E-state index in [9.17, 15) is 4.91 Å². The molecule has 0 saturated carbocycles. The van der Waals surface area contributed by atoms with Crippen LogP contribution in [0, 0.1) is 4.91 Å². The Bertz CT molecular complexity index is 274. The van der Waals surface area contributed by atoms with Crippen molar-refractivity contribution in [2.75, 3.05) is 13.7 Å². The predicted octanol–water partition coefficient (Wildman–Crippen LogP) is 1.58. The molecule has 0 atom stereocenters. The monoisotopic (exact) mass is 189 g/mol. The van der Waals surface area contributed by atoms with Gasteiger partial charge in [-0.25, -0.2) is 4.68 Å². The van der Waals surface area contributed by atoms with Crippen molar-refractivity contribution in [1.29, 1.82) is 0 Å². The van der Waals surface area contributed by atoms with Crippen molar-refractivity contribution in [1.82, 2.24) is 9.78 Å². The highest BCUT2D eigenvalue weighted by Crippen LogP contribution is 2.23. The van der Waals surface area contributed by atoms with E-state index in [4.69, 9.17) is 16.3 Å². The summed E-state index contributed by atoms with van der Waals surface area (Å²) < 4.78 is 6.28. The number of hydrogen-bond donors (Lipinski definition) is 0. The van der Waals surface area contributed by atoms with Crippen LogP contribution in [0.2, 0.25) is 5.15 Å². The van der Waals surface area contributed by atoms with Gasteiger partial charge in [0, 0.05) is 7.11 Å². The fraction of sp³-hybridized carbons (Fsp3) is 0.500. The Morgan fingerprint density at radius 3 is 3.08 bits per heavy atom. The van der Waals surface area contributed by atoms with Crippen molar-refractivity contribution in [2.24, 2.45) is 5.18 Å². The van der Waals surface area contributed by atoms with Gasteiger partial charge < -0.3 is 4.74 Å². The second kappa shape index (κ2) is 4.18. The molecule has 0 aliphatic heterocycles. The molecule has 1 heterocycles. The molecule has 0 N–H and O–H groups in total. The summed E-state index contributed by atoms with van der Waals surface area (Å²) in [6.45, 7) is 1.02. The normalized spacial score (nSPS) is 10.2. The van der Waals surface area contributed by atoms with Crippen molar-refractivity contribution < 1.29 is 4.74 Å². The number of aromatic nitrogens is 2. The van der Waals surface area contributed by atoms with Crippen LogP contribution in [0.15, 0.2) is 11.4 Å². The summed E-state index contributed by atoms with van der Waals surface area (Å²) in [6.07, 6.45) is 1.32.